The highest BCUT2D eigenvalue weighted by molar-refractivity contribution is 4.87. The van der Waals surface area contributed by atoms with E-state index < -0.39 is 36.9 Å². The lowest BCUT2D eigenvalue weighted by Crippen LogP contribution is -2.41. The first-order valence-electron chi connectivity index (χ1n) is 4.96. The van der Waals surface area contributed by atoms with Crippen LogP contribution in [-0.4, -0.2) is 56.2 Å². The van der Waals surface area contributed by atoms with Gasteiger partial charge < -0.3 is 24.9 Å². The Morgan fingerprint density at radius 3 is 2.82 bits per heavy atom. The van der Waals surface area contributed by atoms with Gasteiger partial charge in [0.25, 0.3) is 6.29 Å². The fourth-order valence-corrected chi connectivity index (χ4v) is 1.49. The number of aliphatic hydroxyl groups is 3. The minimum Gasteiger partial charge on any atom is -0.394 e. The largest absolute Gasteiger partial charge is 0.394 e. The monoisotopic (exact) mass is 244 g/mol. The molecule has 0 bridgehead atoms. The zero-order valence-corrected chi connectivity index (χ0v) is 8.71. The summed E-state index contributed by atoms with van der Waals surface area (Å²) in [4.78, 5) is 19.7. The molecule has 1 aromatic rings. The lowest BCUT2D eigenvalue weighted by molar-refractivity contribution is -0.174. The highest BCUT2D eigenvalue weighted by atomic mass is 16.8. The molecular weight excluding hydrogens is 232 g/mol. The van der Waals surface area contributed by atoms with Gasteiger partial charge in [-0.25, -0.2) is 4.79 Å². The maximum Gasteiger partial charge on any atom is 0.380 e. The topological polar surface area (TPSA) is 114 Å². The van der Waals surface area contributed by atoms with E-state index in [0.717, 1.165) is 4.73 Å². The number of ether oxygens (including phenoxy) is 1. The van der Waals surface area contributed by atoms with Crippen LogP contribution in [0, 0.1) is 0 Å². The minimum atomic E-state index is -1.35. The second kappa shape index (κ2) is 4.80. The summed E-state index contributed by atoms with van der Waals surface area (Å²) in [6, 6.07) is 1.46. The first kappa shape index (κ1) is 12.0. The van der Waals surface area contributed by atoms with Crippen molar-refractivity contribution < 1.29 is 24.9 Å². The van der Waals surface area contributed by atoms with Crippen molar-refractivity contribution in [2.75, 3.05) is 6.61 Å². The molecule has 0 unspecified atom stereocenters. The number of hydrogen-bond donors (Lipinski definition) is 3. The normalized spacial score (nSPS) is 32.6. The number of nitrogens with zero attached hydrogens (tertiary/aromatic N) is 2. The first-order valence-corrected chi connectivity index (χ1v) is 4.96. The van der Waals surface area contributed by atoms with Crippen LogP contribution < -0.4 is 10.5 Å². The molecule has 8 heteroatoms. The van der Waals surface area contributed by atoms with E-state index in [-0.39, 0.29) is 0 Å². The van der Waals surface area contributed by atoms with Gasteiger partial charge in [-0.1, -0.05) is 0 Å². The highest BCUT2D eigenvalue weighted by Gasteiger charge is 2.44. The molecule has 0 spiro atoms. The number of hydrogen-bond acceptors (Lipinski definition) is 7. The predicted octanol–water partition coefficient (Wildman–Crippen LogP) is -2.89. The molecule has 2 rings (SSSR count). The van der Waals surface area contributed by atoms with Crippen molar-refractivity contribution >= 4 is 0 Å². The molecule has 0 radical (unpaired) electrons. The van der Waals surface area contributed by atoms with Crippen molar-refractivity contribution in [2.24, 2.45) is 0 Å². The summed E-state index contributed by atoms with van der Waals surface area (Å²) in [6.45, 7) is -0.458. The molecule has 1 saturated heterocycles. The van der Waals surface area contributed by atoms with Gasteiger partial charge in [-0.2, -0.15) is 4.98 Å². The van der Waals surface area contributed by atoms with E-state index in [2.05, 4.69) is 4.98 Å². The van der Waals surface area contributed by atoms with Crippen LogP contribution in [0.4, 0.5) is 0 Å². The Kier molecular flexibility index (Phi) is 3.38. The molecule has 1 aliphatic rings. The first-order chi connectivity index (χ1) is 8.13. The van der Waals surface area contributed by atoms with E-state index in [1.165, 1.54) is 18.5 Å². The quantitative estimate of drug-likeness (QED) is 0.523. The average Bonchev–Trinajstić information content (AvgIpc) is 2.60. The van der Waals surface area contributed by atoms with Gasteiger partial charge in [0.05, 0.1) is 12.8 Å². The van der Waals surface area contributed by atoms with Crippen LogP contribution in [0.5, 0.6) is 0 Å². The maximum absolute atomic E-state index is 11.2. The van der Waals surface area contributed by atoms with E-state index in [9.17, 15) is 15.0 Å². The molecular formula is C9H12N2O6. The Balaban J connectivity index is 2.10. The van der Waals surface area contributed by atoms with Gasteiger partial charge in [0.2, 0.25) is 0 Å². The van der Waals surface area contributed by atoms with Crippen LogP contribution in [0.2, 0.25) is 0 Å². The van der Waals surface area contributed by atoms with Crippen LogP contribution >= 0.6 is 0 Å². The molecule has 1 aromatic heterocycles. The number of aliphatic hydroxyl groups excluding tert-OH is 3. The molecule has 0 saturated carbocycles. The molecule has 3 N–H and O–H groups in total. The van der Waals surface area contributed by atoms with Crippen LogP contribution in [0.3, 0.4) is 0 Å². The minimum absolute atomic E-state index is 0.458. The van der Waals surface area contributed by atoms with E-state index in [1.54, 1.807) is 0 Å². The summed E-state index contributed by atoms with van der Waals surface area (Å²) in [5, 5.41) is 27.9. The number of aromatic nitrogens is 2. The second-order valence-corrected chi connectivity index (χ2v) is 3.54. The molecule has 17 heavy (non-hydrogen) atoms. The lowest BCUT2D eigenvalue weighted by Gasteiger charge is -2.16. The van der Waals surface area contributed by atoms with Crippen molar-refractivity contribution in [3.05, 3.63) is 28.9 Å². The van der Waals surface area contributed by atoms with E-state index in [1.807, 2.05) is 0 Å². The van der Waals surface area contributed by atoms with E-state index >= 15 is 0 Å². The molecule has 0 amide bonds. The van der Waals surface area contributed by atoms with Crippen molar-refractivity contribution in [3.8, 4) is 0 Å². The third-order valence-electron chi connectivity index (χ3n) is 2.40. The average molecular weight is 244 g/mol. The van der Waals surface area contributed by atoms with Crippen LogP contribution in [0.1, 0.15) is 0 Å². The molecule has 1 fully saturated rings. The predicted molar refractivity (Wildman–Crippen MR) is 52.8 cm³/mol. The van der Waals surface area contributed by atoms with Gasteiger partial charge in [-0.15, -0.1) is 4.73 Å². The molecule has 2 heterocycles. The Hall–Kier alpha value is -1.48. The highest BCUT2D eigenvalue weighted by Crippen LogP contribution is 2.19. The Morgan fingerprint density at radius 1 is 1.47 bits per heavy atom. The lowest BCUT2D eigenvalue weighted by atomic mass is 10.1. The van der Waals surface area contributed by atoms with Gasteiger partial charge in [0, 0.05) is 6.20 Å². The fraction of sp³-hybridized carbons (Fsp3) is 0.556. The van der Waals surface area contributed by atoms with Gasteiger partial charge >= 0.3 is 5.69 Å². The third-order valence-corrected chi connectivity index (χ3v) is 2.40. The van der Waals surface area contributed by atoms with Crippen molar-refractivity contribution in [3.63, 3.8) is 0 Å². The van der Waals surface area contributed by atoms with Gasteiger partial charge in [0.1, 0.15) is 18.3 Å². The summed E-state index contributed by atoms with van der Waals surface area (Å²) < 4.78 is 5.81. The van der Waals surface area contributed by atoms with Crippen molar-refractivity contribution in [2.45, 2.75) is 24.6 Å². The summed E-state index contributed by atoms with van der Waals surface area (Å²) >= 11 is 0. The molecule has 1 aliphatic heterocycles. The van der Waals surface area contributed by atoms with Gasteiger partial charge in [-0.05, 0) is 6.07 Å². The summed E-state index contributed by atoms with van der Waals surface area (Å²) in [5.41, 5.74) is -0.676. The molecule has 0 aromatic carbocycles. The van der Waals surface area contributed by atoms with Crippen LogP contribution in [0.25, 0.3) is 0 Å². The maximum atomic E-state index is 11.2. The summed E-state index contributed by atoms with van der Waals surface area (Å²) in [7, 11) is 0. The number of rotatable bonds is 3. The van der Waals surface area contributed by atoms with Gasteiger partial charge in [-0.3, -0.25) is 0 Å². The van der Waals surface area contributed by atoms with E-state index in [4.69, 9.17) is 14.7 Å². The Bertz CT molecular complexity index is 435. The van der Waals surface area contributed by atoms with Crippen molar-refractivity contribution in [1.29, 1.82) is 0 Å². The van der Waals surface area contributed by atoms with E-state index in [0.29, 0.717) is 0 Å². The molecule has 0 aliphatic carbocycles. The Morgan fingerprint density at radius 2 is 2.24 bits per heavy atom. The molecule has 4 atom stereocenters. The SMILES string of the molecule is O=c1ncccn1O[C@@H]1O[C@H](CO)[C@@H](O)[C@H]1O. The summed E-state index contributed by atoms with van der Waals surface area (Å²) in [5.74, 6) is 0. The van der Waals surface area contributed by atoms with Crippen molar-refractivity contribution in [1.82, 2.24) is 9.71 Å². The second-order valence-electron chi connectivity index (χ2n) is 3.54. The standard InChI is InChI=1S/C9H12N2O6/c12-4-5-6(13)7(14)8(16-5)17-11-3-1-2-10-9(11)15/h1-3,5-8,12-14H,4H2/t5-,6-,7-,8+/m1/s1. The zero-order chi connectivity index (χ0) is 12.4. The third kappa shape index (κ3) is 2.29. The smallest absolute Gasteiger partial charge is 0.380 e. The molecule has 94 valence electrons. The van der Waals surface area contributed by atoms with Gasteiger partial charge in [0.15, 0.2) is 0 Å². The Labute approximate surface area is 95.6 Å². The zero-order valence-electron chi connectivity index (χ0n) is 8.71. The molecule has 8 nitrogen and oxygen atoms in total. The van der Waals surface area contributed by atoms with Crippen LogP contribution in [-0.2, 0) is 4.74 Å². The van der Waals surface area contributed by atoms with Crippen LogP contribution in [0.15, 0.2) is 23.3 Å². The summed E-state index contributed by atoms with van der Waals surface area (Å²) in [6.07, 6.45) is -2.20. The fourth-order valence-electron chi connectivity index (χ4n) is 1.49.